The first-order valence-corrected chi connectivity index (χ1v) is 7.95. The fourth-order valence-corrected chi connectivity index (χ4v) is 2.38. The van der Waals surface area contributed by atoms with Gasteiger partial charge in [0, 0.05) is 6.07 Å². The number of rotatable bonds is 8. The molecular weight excluding hydrogens is 264 g/mol. The van der Waals surface area contributed by atoms with Gasteiger partial charge >= 0.3 is 0 Å². The molecule has 3 N–H and O–H groups in total. The van der Waals surface area contributed by atoms with Crippen molar-refractivity contribution in [1.29, 1.82) is 0 Å². The van der Waals surface area contributed by atoms with Crippen molar-refractivity contribution in [2.45, 2.75) is 37.5 Å². The van der Waals surface area contributed by atoms with Gasteiger partial charge < -0.3 is 10.5 Å². The second kappa shape index (κ2) is 7.35. The summed E-state index contributed by atoms with van der Waals surface area (Å²) < 4.78 is 31.2. The summed E-state index contributed by atoms with van der Waals surface area (Å²) in [6, 6.07) is 4.47. The van der Waals surface area contributed by atoms with Crippen LogP contribution in [0.3, 0.4) is 0 Å². The van der Waals surface area contributed by atoms with Crippen LogP contribution in [-0.2, 0) is 10.0 Å². The Balaban J connectivity index is 2.70. The van der Waals surface area contributed by atoms with Crippen molar-refractivity contribution in [1.82, 2.24) is 4.72 Å². The molecule has 0 unspecified atom stereocenters. The van der Waals surface area contributed by atoms with Crippen molar-refractivity contribution in [3.8, 4) is 5.75 Å². The molecule has 0 radical (unpaired) electrons. The van der Waals surface area contributed by atoms with E-state index in [9.17, 15) is 8.42 Å². The van der Waals surface area contributed by atoms with Gasteiger partial charge in [0.05, 0.1) is 17.2 Å². The second-order valence-corrected chi connectivity index (χ2v) is 6.20. The van der Waals surface area contributed by atoms with Gasteiger partial charge in [-0.15, -0.1) is 0 Å². The third kappa shape index (κ3) is 4.72. The van der Waals surface area contributed by atoms with Crippen molar-refractivity contribution < 1.29 is 13.2 Å². The van der Waals surface area contributed by atoms with Crippen molar-refractivity contribution in [3.63, 3.8) is 0 Å². The van der Waals surface area contributed by atoms with E-state index < -0.39 is 10.0 Å². The molecule has 0 atom stereocenters. The van der Waals surface area contributed by atoms with E-state index in [4.69, 9.17) is 10.5 Å². The smallest absolute Gasteiger partial charge is 0.240 e. The molecule has 1 aromatic carbocycles. The van der Waals surface area contributed by atoms with Gasteiger partial charge in [-0.05, 0) is 25.6 Å². The third-order valence-electron chi connectivity index (χ3n) is 2.82. The Hall–Kier alpha value is -1.27. The minimum absolute atomic E-state index is 0.160. The average Bonchev–Trinajstić information content (AvgIpc) is 2.40. The topological polar surface area (TPSA) is 81.4 Å². The van der Waals surface area contributed by atoms with Crippen LogP contribution in [0, 0.1) is 0 Å². The lowest BCUT2D eigenvalue weighted by Gasteiger charge is -2.10. The zero-order chi connectivity index (χ0) is 14.3. The lowest BCUT2D eigenvalue weighted by atomic mass is 10.2. The van der Waals surface area contributed by atoms with Crippen LogP contribution in [-0.4, -0.2) is 22.1 Å². The van der Waals surface area contributed by atoms with Crippen LogP contribution < -0.4 is 15.2 Å². The summed E-state index contributed by atoms with van der Waals surface area (Å²) in [6.45, 7) is 2.69. The molecule has 0 bridgehead atoms. The van der Waals surface area contributed by atoms with E-state index in [0.29, 0.717) is 18.0 Å². The van der Waals surface area contributed by atoms with E-state index in [0.717, 1.165) is 19.3 Å². The summed E-state index contributed by atoms with van der Waals surface area (Å²) in [7, 11) is -2.09. The number of unbranched alkanes of at least 4 members (excludes halogenated alkanes) is 3. The molecule has 0 fully saturated rings. The first-order valence-electron chi connectivity index (χ1n) is 6.47. The maximum atomic E-state index is 11.7. The number of hydrogen-bond donors (Lipinski definition) is 2. The number of nitrogens with one attached hydrogen (secondary N) is 1. The van der Waals surface area contributed by atoms with Crippen molar-refractivity contribution in [2.75, 3.05) is 19.4 Å². The van der Waals surface area contributed by atoms with Crippen LogP contribution in [0.5, 0.6) is 5.75 Å². The summed E-state index contributed by atoms with van der Waals surface area (Å²) in [5, 5.41) is 0. The fraction of sp³-hybridized carbons (Fsp3) is 0.538. The van der Waals surface area contributed by atoms with Crippen LogP contribution in [0.2, 0.25) is 0 Å². The molecule has 0 aliphatic heterocycles. The fourth-order valence-electron chi connectivity index (χ4n) is 1.64. The number of anilines is 1. The molecule has 0 heterocycles. The molecule has 108 valence electrons. The molecule has 6 heteroatoms. The monoisotopic (exact) mass is 286 g/mol. The van der Waals surface area contributed by atoms with Gasteiger partial charge in [0.2, 0.25) is 10.0 Å². The molecule has 0 aliphatic rings. The highest BCUT2D eigenvalue weighted by molar-refractivity contribution is 7.89. The number of nitrogen functional groups attached to an aromatic ring is 1. The molecule has 0 saturated carbocycles. The normalized spacial score (nSPS) is 11.5. The first kappa shape index (κ1) is 15.8. The zero-order valence-electron chi connectivity index (χ0n) is 11.5. The van der Waals surface area contributed by atoms with Gasteiger partial charge in [0.25, 0.3) is 0 Å². The Morgan fingerprint density at radius 1 is 1.26 bits per heavy atom. The lowest BCUT2D eigenvalue weighted by Crippen LogP contribution is -2.18. The SMILES string of the molecule is CCCCCCOc1cc(S(=O)(=O)NC)ccc1N. The molecule has 0 amide bonds. The zero-order valence-corrected chi connectivity index (χ0v) is 12.3. The van der Waals surface area contributed by atoms with Crippen LogP contribution >= 0.6 is 0 Å². The van der Waals surface area contributed by atoms with Crippen LogP contribution in [0.15, 0.2) is 23.1 Å². The minimum atomic E-state index is -3.46. The van der Waals surface area contributed by atoms with Gasteiger partial charge in [-0.25, -0.2) is 13.1 Å². The molecule has 5 nitrogen and oxygen atoms in total. The summed E-state index contributed by atoms with van der Waals surface area (Å²) >= 11 is 0. The van der Waals surface area contributed by atoms with E-state index in [1.54, 1.807) is 6.07 Å². The summed E-state index contributed by atoms with van der Waals surface area (Å²) in [5.74, 6) is 0.424. The second-order valence-electron chi connectivity index (χ2n) is 4.32. The molecule has 0 saturated heterocycles. The molecule has 19 heavy (non-hydrogen) atoms. The van der Waals surface area contributed by atoms with Gasteiger partial charge in [0.1, 0.15) is 5.75 Å². The van der Waals surface area contributed by atoms with Crippen molar-refractivity contribution in [2.24, 2.45) is 0 Å². The molecular formula is C13H22N2O3S. The highest BCUT2D eigenvalue weighted by Crippen LogP contribution is 2.25. The molecule has 1 rings (SSSR count). The van der Waals surface area contributed by atoms with E-state index in [1.165, 1.54) is 25.6 Å². The van der Waals surface area contributed by atoms with E-state index in [-0.39, 0.29) is 4.90 Å². The highest BCUT2D eigenvalue weighted by Gasteiger charge is 2.13. The van der Waals surface area contributed by atoms with E-state index in [2.05, 4.69) is 11.6 Å². The Kier molecular flexibility index (Phi) is 6.11. The summed E-state index contributed by atoms with van der Waals surface area (Å²) in [5.41, 5.74) is 6.22. The van der Waals surface area contributed by atoms with Gasteiger partial charge in [0.15, 0.2) is 0 Å². The maximum Gasteiger partial charge on any atom is 0.240 e. The average molecular weight is 286 g/mol. The molecule has 0 aromatic heterocycles. The summed E-state index contributed by atoms with van der Waals surface area (Å²) in [4.78, 5) is 0.160. The first-order chi connectivity index (χ1) is 9.01. The number of benzene rings is 1. The molecule has 0 spiro atoms. The Labute approximate surface area is 115 Å². The van der Waals surface area contributed by atoms with Gasteiger partial charge in [-0.2, -0.15) is 0 Å². The predicted molar refractivity (Wildman–Crippen MR) is 76.7 cm³/mol. The van der Waals surface area contributed by atoms with Gasteiger partial charge in [-0.1, -0.05) is 26.2 Å². The number of sulfonamides is 1. The van der Waals surface area contributed by atoms with Crippen LogP contribution in [0.25, 0.3) is 0 Å². The Morgan fingerprint density at radius 3 is 2.63 bits per heavy atom. The van der Waals surface area contributed by atoms with Crippen LogP contribution in [0.1, 0.15) is 32.6 Å². The number of nitrogens with two attached hydrogens (primary N) is 1. The van der Waals surface area contributed by atoms with Crippen LogP contribution in [0.4, 0.5) is 5.69 Å². The minimum Gasteiger partial charge on any atom is -0.491 e. The van der Waals surface area contributed by atoms with E-state index in [1.807, 2.05) is 0 Å². The summed E-state index contributed by atoms with van der Waals surface area (Å²) in [6.07, 6.45) is 4.38. The standard InChI is InChI=1S/C13H22N2O3S/c1-3-4-5-6-9-18-13-10-11(7-8-12(13)14)19(16,17)15-2/h7-8,10,15H,3-6,9,14H2,1-2H3. The quantitative estimate of drug-likeness (QED) is 0.566. The number of ether oxygens (including phenoxy) is 1. The Morgan fingerprint density at radius 2 is 2.00 bits per heavy atom. The van der Waals surface area contributed by atoms with Gasteiger partial charge in [-0.3, -0.25) is 0 Å². The Bertz CT molecular complexity index is 501. The molecule has 0 aliphatic carbocycles. The van der Waals surface area contributed by atoms with E-state index >= 15 is 0 Å². The highest BCUT2D eigenvalue weighted by atomic mass is 32.2. The third-order valence-corrected chi connectivity index (χ3v) is 4.23. The largest absolute Gasteiger partial charge is 0.491 e. The molecule has 1 aromatic rings. The lowest BCUT2D eigenvalue weighted by molar-refractivity contribution is 0.306. The maximum absolute atomic E-state index is 11.7. The van der Waals surface area contributed by atoms with Crippen molar-refractivity contribution in [3.05, 3.63) is 18.2 Å². The van der Waals surface area contributed by atoms with Crippen molar-refractivity contribution >= 4 is 15.7 Å². The predicted octanol–water partition coefficient (Wildman–Crippen LogP) is 2.14. The number of hydrogen-bond acceptors (Lipinski definition) is 4.